The van der Waals surface area contributed by atoms with Crippen molar-refractivity contribution in [1.29, 1.82) is 0 Å². The Balaban J connectivity index is 3.88. The second kappa shape index (κ2) is 4.97. The second-order valence-corrected chi connectivity index (χ2v) is 3.48. The zero-order valence-corrected chi connectivity index (χ0v) is 8.51. The molecule has 0 bridgehead atoms. The molecular formula is C7H15NS2. The zero-order valence-electron chi connectivity index (χ0n) is 6.79. The Bertz CT molecular complexity index is 110. The molecule has 10 heavy (non-hydrogen) atoms. The summed E-state index contributed by atoms with van der Waals surface area (Å²) >= 11 is 9.01. The molecular weight excluding hydrogens is 162 g/mol. The van der Waals surface area contributed by atoms with E-state index in [2.05, 4.69) is 26.5 Å². The van der Waals surface area contributed by atoms with Crippen molar-refractivity contribution in [2.24, 2.45) is 0 Å². The summed E-state index contributed by atoms with van der Waals surface area (Å²) in [7, 11) is 1.99. The molecule has 0 aliphatic heterocycles. The standard InChI is InChI=1S/C7H15NS2/c1-4-6(5-2)8(3)7(9)10/h6H,4-5H2,1-3H3,(H,9,10). The first kappa shape index (κ1) is 10.2. The number of rotatable bonds is 3. The van der Waals surface area contributed by atoms with Gasteiger partial charge in [-0.25, -0.2) is 0 Å². The summed E-state index contributed by atoms with van der Waals surface area (Å²) in [5.74, 6) is 0. The fourth-order valence-corrected chi connectivity index (χ4v) is 1.30. The van der Waals surface area contributed by atoms with Gasteiger partial charge in [-0.15, -0.1) is 12.6 Å². The highest BCUT2D eigenvalue weighted by molar-refractivity contribution is 8.10. The van der Waals surface area contributed by atoms with Gasteiger partial charge in [0.25, 0.3) is 0 Å². The number of nitrogens with zero attached hydrogens (tertiary/aromatic N) is 1. The van der Waals surface area contributed by atoms with Crippen molar-refractivity contribution >= 4 is 29.2 Å². The normalized spacial score (nSPS) is 10.1. The van der Waals surface area contributed by atoms with Gasteiger partial charge in [-0.05, 0) is 12.8 Å². The molecule has 0 rings (SSSR count). The maximum absolute atomic E-state index is 4.92. The molecule has 0 aliphatic carbocycles. The first-order valence-electron chi connectivity index (χ1n) is 3.59. The van der Waals surface area contributed by atoms with E-state index in [0.29, 0.717) is 10.4 Å². The Morgan fingerprint density at radius 2 is 1.90 bits per heavy atom. The van der Waals surface area contributed by atoms with Crippen LogP contribution in [0, 0.1) is 0 Å². The van der Waals surface area contributed by atoms with Gasteiger partial charge in [-0.3, -0.25) is 0 Å². The highest BCUT2D eigenvalue weighted by Crippen LogP contribution is 2.07. The summed E-state index contributed by atoms with van der Waals surface area (Å²) in [6.45, 7) is 4.33. The average Bonchev–Trinajstić information content (AvgIpc) is 1.90. The van der Waals surface area contributed by atoms with Crippen LogP contribution in [0.1, 0.15) is 26.7 Å². The van der Waals surface area contributed by atoms with Crippen LogP contribution in [0.15, 0.2) is 0 Å². The van der Waals surface area contributed by atoms with Crippen molar-refractivity contribution in [3.8, 4) is 0 Å². The Kier molecular flexibility index (Phi) is 5.09. The monoisotopic (exact) mass is 177 g/mol. The lowest BCUT2D eigenvalue weighted by atomic mass is 10.1. The van der Waals surface area contributed by atoms with E-state index in [1.165, 1.54) is 0 Å². The van der Waals surface area contributed by atoms with Gasteiger partial charge in [0.15, 0.2) is 0 Å². The molecule has 0 saturated carbocycles. The van der Waals surface area contributed by atoms with Crippen molar-refractivity contribution in [3.05, 3.63) is 0 Å². The molecule has 0 spiro atoms. The van der Waals surface area contributed by atoms with E-state index in [1.807, 2.05) is 11.9 Å². The summed E-state index contributed by atoms with van der Waals surface area (Å²) in [6, 6.07) is 0.560. The third kappa shape index (κ3) is 2.88. The van der Waals surface area contributed by atoms with Gasteiger partial charge >= 0.3 is 0 Å². The third-order valence-electron chi connectivity index (χ3n) is 1.79. The Morgan fingerprint density at radius 3 is 2.00 bits per heavy atom. The largest absolute Gasteiger partial charge is 0.358 e. The van der Waals surface area contributed by atoms with Crippen LogP contribution in [0.25, 0.3) is 0 Å². The first-order chi connectivity index (χ1) is 4.63. The molecule has 1 nitrogen and oxygen atoms in total. The molecule has 0 atom stereocenters. The third-order valence-corrected chi connectivity index (χ3v) is 2.40. The zero-order chi connectivity index (χ0) is 8.15. The molecule has 0 aromatic carbocycles. The van der Waals surface area contributed by atoms with Gasteiger partial charge in [0.05, 0.1) is 0 Å². The molecule has 0 aromatic heterocycles. The van der Waals surface area contributed by atoms with Crippen LogP contribution in [-0.2, 0) is 0 Å². The highest BCUT2D eigenvalue weighted by Gasteiger charge is 2.09. The van der Waals surface area contributed by atoms with E-state index < -0.39 is 0 Å². The van der Waals surface area contributed by atoms with Crippen LogP contribution in [0.5, 0.6) is 0 Å². The molecule has 0 aromatic rings. The van der Waals surface area contributed by atoms with Crippen LogP contribution in [0.3, 0.4) is 0 Å². The van der Waals surface area contributed by atoms with Crippen LogP contribution in [-0.4, -0.2) is 22.3 Å². The molecule has 0 fully saturated rings. The molecule has 60 valence electrons. The average molecular weight is 177 g/mol. The number of thiocarbonyl (C=S) groups is 1. The van der Waals surface area contributed by atoms with E-state index in [-0.39, 0.29) is 0 Å². The predicted molar refractivity (Wildman–Crippen MR) is 53.7 cm³/mol. The first-order valence-corrected chi connectivity index (χ1v) is 4.44. The van der Waals surface area contributed by atoms with E-state index in [0.717, 1.165) is 12.8 Å². The second-order valence-electron chi connectivity index (χ2n) is 2.36. The van der Waals surface area contributed by atoms with Crippen molar-refractivity contribution in [2.75, 3.05) is 7.05 Å². The SMILES string of the molecule is CCC(CC)N(C)C(=S)S. The summed E-state index contributed by atoms with van der Waals surface area (Å²) in [4.78, 5) is 2.04. The van der Waals surface area contributed by atoms with Gasteiger partial charge in [-0.2, -0.15) is 0 Å². The number of hydrogen-bond acceptors (Lipinski definition) is 1. The van der Waals surface area contributed by atoms with Gasteiger partial charge in [0, 0.05) is 13.1 Å². The predicted octanol–water partition coefficient (Wildman–Crippen LogP) is 2.32. The number of hydrogen-bond donors (Lipinski definition) is 1. The van der Waals surface area contributed by atoms with Crippen molar-refractivity contribution in [1.82, 2.24) is 4.90 Å². The van der Waals surface area contributed by atoms with E-state index in [9.17, 15) is 0 Å². The lowest BCUT2D eigenvalue weighted by Gasteiger charge is -2.26. The minimum atomic E-state index is 0.560. The quantitative estimate of drug-likeness (QED) is 0.520. The molecule has 0 unspecified atom stereocenters. The fourth-order valence-electron chi connectivity index (χ4n) is 0.993. The maximum Gasteiger partial charge on any atom is 0.133 e. The molecule has 0 heterocycles. The summed E-state index contributed by atoms with van der Waals surface area (Å²) in [6.07, 6.45) is 2.27. The molecule has 0 radical (unpaired) electrons. The summed E-state index contributed by atoms with van der Waals surface area (Å²) in [5.41, 5.74) is 0. The van der Waals surface area contributed by atoms with Crippen molar-refractivity contribution < 1.29 is 0 Å². The molecule has 0 N–H and O–H groups in total. The maximum atomic E-state index is 4.92. The highest BCUT2D eigenvalue weighted by atomic mass is 32.1. The Morgan fingerprint density at radius 1 is 1.50 bits per heavy atom. The minimum absolute atomic E-state index is 0.560. The molecule has 0 aliphatic rings. The lowest BCUT2D eigenvalue weighted by Crippen LogP contribution is -2.32. The lowest BCUT2D eigenvalue weighted by molar-refractivity contribution is 0.356. The van der Waals surface area contributed by atoms with Crippen LogP contribution >= 0.6 is 24.8 Å². The van der Waals surface area contributed by atoms with E-state index >= 15 is 0 Å². The minimum Gasteiger partial charge on any atom is -0.358 e. The topological polar surface area (TPSA) is 3.24 Å². The molecule has 0 saturated heterocycles. The fraction of sp³-hybridized carbons (Fsp3) is 0.857. The number of thiol groups is 1. The van der Waals surface area contributed by atoms with Crippen LogP contribution < -0.4 is 0 Å². The van der Waals surface area contributed by atoms with Gasteiger partial charge in [0.1, 0.15) is 4.32 Å². The smallest absolute Gasteiger partial charge is 0.133 e. The molecule has 0 amide bonds. The van der Waals surface area contributed by atoms with E-state index in [4.69, 9.17) is 12.2 Å². The Hall–Kier alpha value is 0.240. The van der Waals surface area contributed by atoms with Gasteiger partial charge in [0.2, 0.25) is 0 Å². The Labute approximate surface area is 74.2 Å². The van der Waals surface area contributed by atoms with Crippen LogP contribution in [0.2, 0.25) is 0 Å². The van der Waals surface area contributed by atoms with Gasteiger partial charge < -0.3 is 4.90 Å². The van der Waals surface area contributed by atoms with Crippen LogP contribution in [0.4, 0.5) is 0 Å². The molecule has 3 heteroatoms. The van der Waals surface area contributed by atoms with Crippen molar-refractivity contribution in [2.45, 2.75) is 32.7 Å². The summed E-state index contributed by atoms with van der Waals surface area (Å²) < 4.78 is 0.689. The van der Waals surface area contributed by atoms with Crippen molar-refractivity contribution in [3.63, 3.8) is 0 Å². The van der Waals surface area contributed by atoms with E-state index in [1.54, 1.807) is 0 Å². The van der Waals surface area contributed by atoms with Gasteiger partial charge in [-0.1, -0.05) is 26.1 Å². The summed E-state index contributed by atoms with van der Waals surface area (Å²) in [5, 5.41) is 0.